The van der Waals surface area contributed by atoms with E-state index < -0.39 is 5.79 Å². The Labute approximate surface area is 198 Å². The minimum Gasteiger partial charge on any atom is -0.349 e. The van der Waals surface area contributed by atoms with E-state index in [1.807, 2.05) is 0 Å². The Kier molecular flexibility index (Phi) is 10.2. The molecule has 0 amide bonds. The Hall–Kier alpha value is -0.940. The molecule has 1 aliphatic heterocycles. The summed E-state index contributed by atoms with van der Waals surface area (Å²) in [6, 6.07) is 10.5. The summed E-state index contributed by atoms with van der Waals surface area (Å²) in [6.45, 7) is 19.6. The fourth-order valence-corrected chi connectivity index (χ4v) is 5.10. The quantitative estimate of drug-likeness (QED) is 0.229. The van der Waals surface area contributed by atoms with E-state index in [4.69, 9.17) is 14.3 Å². The molecule has 0 saturated carbocycles. The molecule has 4 heteroatoms. The van der Waals surface area contributed by atoms with Gasteiger partial charge >= 0.3 is 0 Å². The number of hydrogen-bond donors (Lipinski definition) is 0. The van der Waals surface area contributed by atoms with Crippen LogP contribution in [0.3, 0.4) is 0 Å². The molecule has 4 atom stereocenters. The zero-order valence-corrected chi connectivity index (χ0v) is 22.1. The highest BCUT2D eigenvalue weighted by atomic mass is 16.7. The molecule has 4 unspecified atom stereocenters. The van der Waals surface area contributed by atoms with Gasteiger partial charge in [-0.2, -0.15) is 5.06 Å². The Morgan fingerprint density at radius 3 is 1.97 bits per heavy atom. The van der Waals surface area contributed by atoms with Crippen molar-refractivity contribution in [1.29, 1.82) is 0 Å². The largest absolute Gasteiger partial charge is 0.349 e. The van der Waals surface area contributed by atoms with Crippen molar-refractivity contribution in [3.8, 4) is 0 Å². The Bertz CT molecular complexity index is 656. The van der Waals surface area contributed by atoms with E-state index in [1.54, 1.807) is 0 Å². The summed E-state index contributed by atoms with van der Waals surface area (Å²) in [7, 11) is 0. The van der Waals surface area contributed by atoms with Crippen LogP contribution in [0.5, 0.6) is 0 Å². The van der Waals surface area contributed by atoms with Gasteiger partial charge in [-0.1, -0.05) is 77.8 Å². The van der Waals surface area contributed by atoms with Gasteiger partial charge in [-0.05, 0) is 52.0 Å². The van der Waals surface area contributed by atoms with E-state index in [0.29, 0.717) is 0 Å². The van der Waals surface area contributed by atoms with Crippen LogP contribution in [0.15, 0.2) is 30.3 Å². The lowest BCUT2D eigenvalue weighted by molar-refractivity contribution is -0.396. The van der Waals surface area contributed by atoms with Gasteiger partial charge in [0.25, 0.3) is 0 Å². The zero-order chi connectivity index (χ0) is 23.8. The molecule has 184 valence electrons. The first-order chi connectivity index (χ1) is 15.2. The van der Waals surface area contributed by atoms with E-state index in [1.165, 1.54) is 5.56 Å². The van der Waals surface area contributed by atoms with Crippen LogP contribution in [0.4, 0.5) is 0 Å². The number of nitrogens with zero attached hydrogens (tertiary/aromatic N) is 1. The van der Waals surface area contributed by atoms with Crippen molar-refractivity contribution < 1.29 is 14.3 Å². The molecule has 0 aromatic heterocycles. The first-order valence-electron chi connectivity index (χ1n) is 13.0. The predicted molar refractivity (Wildman–Crippen MR) is 133 cm³/mol. The molecule has 0 aliphatic carbocycles. The van der Waals surface area contributed by atoms with Crippen LogP contribution in [-0.4, -0.2) is 35.1 Å². The fourth-order valence-electron chi connectivity index (χ4n) is 5.10. The topological polar surface area (TPSA) is 30.9 Å². The summed E-state index contributed by atoms with van der Waals surface area (Å²) in [4.78, 5) is 6.83. The minimum atomic E-state index is -0.588. The fraction of sp³-hybridized carbons (Fsp3) is 0.786. The molecule has 2 rings (SSSR count). The number of rotatable bonds is 13. The number of piperidine rings is 1. The summed E-state index contributed by atoms with van der Waals surface area (Å²) in [5.74, 6) is -0.424. The first-order valence-corrected chi connectivity index (χ1v) is 13.0. The molecule has 0 spiro atoms. The third-order valence-corrected chi connectivity index (χ3v) is 7.87. The lowest BCUT2D eigenvalue weighted by Gasteiger charge is -2.63. The molecule has 1 heterocycles. The minimum absolute atomic E-state index is 0.0188. The van der Waals surface area contributed by atoms with E-state index in [0.717, 1.165) is 58.2 Å². The average Bonchev–Trinajstić information content (AvgIpc) is 2.81. The third kappa shape index (κ3) is 5.75. The molecule has 32 heavy (non-hydrogen) atoms. The number of hydrogen-bond acceptors (Lipinski definition) is 4. The van der Waals surface area contributed by atoms with Gasteiger partial charge in [0.05, 0.1) is 18.8 Å². The second-order valence-corrected chi connectivity index (χ2v) is 10.1. The van der Waals surface area contributed by atoms with Gasteiger partial charge in [-0.15, -0.1) is 0 Å². The maximum Gasteiger partial charge on any atom is 0.174 e. The highest BCUT2D eigenvalue weighted by Crippen LogP contribution is 2.53. The summed E-state index contributed by atoms with van der Waals surface area (Å²) >= 11 is 0. The summed E-state index contributed by atoms with van der Waals surface area (Å²) in [6.07, 6.45) is 7.08. The van der Waals surface area contributed by atoms with Crippen molar-refractivity contribution in [3.05, 3.63) is 35.9 Å². The van der Waals surface area contributed by atoms with Crippen molar-refractivity contribution >= 4 is 0 Å². The smallest absolute Gasteiger partial charge is 0.174 e. The SMILES string of the molecule is CCCCOC1(OCCCC)CC(C)(CC)N(OC(C)c2ccccc2)C(C)(CC)C1C. The lowest BCUT2D eigenvalue weighted by atomic mass is 9.67. The van der Waals surface area contributed by atoms with Crippen molar-refractivity contribution in [3.63, 3.8) is 0 Å². The van der Waals surface area contributed by atoms with Crippen LogP contribution in [0.2, 0.25) is 0 Å². The highest BCUT2D eigenvalue weighted by Gasteiger charge is 2.62. The molecule has 1 aromatic carbocycles. The maximum atomic E-state index is 6.83. The number of benzene rings is 1. The monoisotopic (exact) mass is 447 g/mol. The number of unbranched alkanes of at least 4 members (excludes halogenated alkanes) is 2. The van der Waals surface area contributed by atoms with Crippen LogP contribution < -0.4 is 0 Å². The van der Waals surface area contributed by atoms with Gasteiger partial charge in [-0.25, -0.2) is 0 Å². The van der Waals surface area contributed by atoms with Crippen LogP contribution in [0, 0.1) is 5.92 Å². The summed E-state index contributed by atoms with van der Waals surface area (Å²) in [5.41, 5.74) is 0.788. The van der Waals surface area contributed by atoms with Crippen molar-refractivity contribution in [2.75, 3.05) is 13.2 Å². The van der Waals surface area contributed by atoms with E-state index >= 15 is 0 Å². The predicted octanol–water partition coefficient (Wildman–Crippen LogP) is 7.69. The van der Waals surface area contributed by atoms with Crippen LogP contribution in [0.1, 0.15) is 112 Å². The van der Waals surface area contributed by atoms with Gasteiger partial charge in [0.2, 0.25) is 0 Å². The maximum absolute atomic E-state index is 6.83. The molecule has 0 bridgehead atoms. The van der Waals surface area contributed by atoms with Crippen molar-refractivity contribution in [2.45, 2.75) is 123 Å². The molecular weight excluding hydrogens is 398 g/mol. The molecule has 0 N–H and O–H groups in total. The summed E-state index contributed by atoms with van der Waals surface area (Å²) in [5, 5.41) is 2.33. The Morgan fingerprint density at radius 1 is 0.938 bits per heavy atom. The van der Waals surface area contributed by atoms with E-state index in [-0.39, 0.29) is 23.1 Å². The molecule has 1 saturated heterocycles. The molecular formula is C28H49NO3. The molecule has 1 fully saturated rings. The standard InChI is InChI=1S/C28H49NO3/c1-9-13-20-30-28(31-21-14-10-2)22-26(7,11-3)29(27(8,12-4)24(28)6)32-23(5)25-18-16-15-17-19-25/h15-19,23-24H,9-14,20-22H2,1-8H3. The van der Waals surface area contributed by atoms with Crippen LogP contribution in [0.25, 0.3) is 0 Å². The summed E-state index contributed by atoms with van der Waals surface area (Å²) < 4.78 is 13.4. The first kappa shape index (κ1) is 27.3. The van der Waals surface area contributed by atoms with E-state index in [2.05, 4.69) is 90.8 Å². The Morgan fingerprint density at radius 2 is 1.50 bits per heavy atom. The molecule has 0 radical (unpaired) electrons. The number of ether oxygens (including phenoxy) is 2. The highest BCUT2D eigenvalue weighted by molar-refractivity contribution is 5.17. The molecule has 4 nitrogen and oxygen atoms in total. The number of hydroxylamine groups is 2. The third-order valence-electron chi connectivity index (χ3n) is 7.87. The van der Waals surface area contributed by atoms with Crippen LogP contribution >= 0.6 is 0 Å². The van der Waals surface area contributed by atoms with Gasteiger partial charge in [0, 0.05) is 17.9 Å². The second kappa shape index (κ2) is 12.0. The average molecular weight is 448 g/mol. The molecule has 1 aromatic rings. The lowest BCUT2D eigenvalue weighted by Crippen LogP contribution is -2.72. The van der Waals surface area contributed by atoms with Gasteiger partial charge in [-0.3, -0.25) is 4.84 Å². The van der Waals surface area contributed by atoms with Crippen molar-refractivity contribution in [1.82, 2.24) is 5.06 Å². The van der Waals surface area contributed by atoms with Gasteiger partial charge < -0.3 is 9.47 Å². The Balaban J connectivity index is 2.43. The van der Waals surface area contributed by atoms with Crippen molar-refractivity contribution in [2.24, 2.45) is 5.92 Å². The van der Waals surface area contributed by atoms with E-state index in [9.17, 15) is 0 Å². The zero-order valence-electron chi connectivity index (χ0n) is 22.1. The van der Waals surface area contributed by atoms with Crippen LogP contribution in [-0.2, 0) is 14.3 Å². The van der Waals surface area contributed by atoms with Gasteiger partial charge in [0.1, 0.15) is 6.10 Å². The van der Waals surface area contributed by atoms with Gasteiger partial charge in [0.15, 0.2) is 5.79 Å². The molecule has 1 aliphatic rings. The normalized spacial score (nSPS) is 29.2. The second-order valence-electron chi connectivity index (χ2n) is 10.1.